The van der Waals surface area contributed by atoms with Crippen LogP contribution in [0.3, 0.4) is 0 Å². The first-order valence-electron chi connectivity index (χ1n) is 5.55. The van der Waals surface area contributed by atoms with Crippen LogP contribution in [0, 0.1) is 0 Å². The average molecular weight is 220 g/mol. The van der Waals surface area contributed by atoms with Gasteiger partial charge in [0, 0.05) is 17.4 Å². The smallest absolute Gasteiger partial charge is 0.0728 e. The molecule has 2 N–H and O–H groups in total. The zero-order valence-corrected chi connectivity index (χ0v) is 9.30. The number of anilines is 1. The minimum Gasteiger partial charge on any atom is -0.398 e. The van der Waals surface area contributed by atoms with E-state index in [1.165, 1.54) is 5.39 Å². The largest absolute Gasteiger partial charge is 0.398 e. The van der Waals surface area contributed by atoms with Crippen LogP contribution in [-0.4, -0.2) is 4.98 Å². The molecule has 0 amide bonds. The fourth-order valence-electron chi connectivity index (χ4n) is 2.08. The summed E-state index contributed by atoms with van der Waals surface area (Å²) >= 11 is 0. The van der Waals surface area contributed by atoms with E-state index in [2.05, 4.69) is 17.1 Å². The Hall–Kier alpha value is -2.35. The first kappa shape index (κ1) is 9.85. The maximum Gasteiger partial charge on any atom is 0.0728 e. The summed E-state index contributed by atoms with van der Waals surface area (Å²) in [5, 5.41) is 2.33. The van der Waals surface area contributed by atoms with Gasteiger partial charge in [0.15, 0.2) is 0 Å². The molecular formula is C15H12N2. The predicted molar refractivity (Wildman–Crippen MR) is 71.6 cm³/mol. The lowest BCUT2D eigenvalue weighted by Gasteiger charge is -2.09. The minimum absolute atomic E-state index is 0.766. The SMILES string of the molecule is Nc1ccc2ccccc2c1-c1ccccn1. The highest BCUT2D eigenvalue weighted by Gasteiger charge is 2.07. The van der Waals surface area contributed by atoms with E-state index in [1.807, 2.05) is 42.5 Å². The van der Waals surface area contributed by atoms with E-state index in [1.54, 1.807) is 6.20 Å². The summed E-state index contributed by atoms with van der Waals surface area (Å²) in [7, 11) is 0. The van der Waals surface area contributed by atoms with Gasteiger partial charge >= 0.3 is 0 Å². The van der Waals surface area contributed by atoms with Gasteiger partial charge in [-0.1, -0.05) is 36.4 Å². The molecule has 0 saturated carbocycles. The van der Waals surface area contributed by atoms with Gasteiger partial charge < -0.3 is 5.73 Å². The highest BCUT2D eigenvalue weighted by Crippen LogP contribution is 2.32. The molecule has 0 bridgehead atoms. The normalized spacial score (nSPS) is 10.6. The van der Waals surface area contributed by atoms with E-state index in [4.69, 9.17) is 5.73 Å². The maximum absolute atomic E-state index is 6.08. The summed E-state index contributed by atoms with van der Waals surface area (Å²) < 4.78 is 0. The number of nitrogens with zero attached hydrogens (tertiary/aromatic N) is 1. The van der Waals surface area contributed by atoms with Crippen LogP contribution in [0.25, 0.3) is 22.0 Å². The van der Waals surface area contributed by atoms with Crippen LogP contribution in [0.4, 0.5) is 5.69 Å². The van der Waals surface area contributed by atoms with Gasteiger partial charge in [0.25, 0.3) is 0 Å². The molecule has 1 aromatic heterocycles. The average Bonchev–Trinajstić information content (AvgIpc) is 2.39. The Morgan fingerprint density at radius 3 is 2.47 bits per heavy atom. The fraction of sp³-hybridized carbons (Fsp3) is 0. The Morgan fingerprint density at radius 2 is 1.65 bits per heavy atom. The zero-order chi connectivity index (χ0) is 11.7. The van der Waals surface area contributed by atoms with Crippen molar-refractivity contribution in [2.75, 3.05) is 5.73 Å². The quantitative estimate of drug-likeness (QED) is 0.637. The summed E-state index contributed by atoms with van der Waals surface area (Å²) in [5.41, 5.74) is 8.78. The van der Waals surface area contributed by atoms with Crippen molar-refractivity contribution in [2.45, 2.75) is 0 Å². The fourth-order valence-corrected chi connectivity index (χ4v) is 2.08. The van der Waals surface area contributed by atoms with Crippen LogP contribution < -0.4 is 5.73 Å². The third-order valence-corrected chi connectivity index (χ3v) is 2.88. The molecule has 0 radical (unpaired) electrons. The van der Waals surface area contributed by atoms with Gasteiger partial charge in [-0.15, -0.1) is 0 Å². The van der Waals surface area contributed by atoms with Gasteiger partial charge in [-0.3, -0.25) is 4.98 Å². The summed E-state index contributed by atoms with van der Waals surface area (Å²) in [5.74, 6) is 0. The molecule has 1 heterocycles. The van der Waals surface area contributed by atoms with Crippen molar-refractivity contribution in [3.8, 4) is 11.3 Å². The van der Waals surface area contributed by atoms with Gasteiger partial charge in [-0.25, -0.2) is 0 Å². The molecule has 0 aliphatic heterocycles. The number of benzene rings is 2. The standard InChI is InChI=1S/C15H12N2/c16-13-9-8-11-5-1-2-6-12(11)15(13)14-7-3-4-10-17-14/h1-10H,16H2. The molecule has 2 heteroatoms. The van der Waals surface area contributed by atoms with E-state index in [9.17, 15) is 0 Å². The van der Waals surface area contributed by atoms with Crippen LogP contribution in [0.15, 0.2) is 60.8 Å². The van der Waals surface area contributed by atoms with Gasteiger partial charge in [0.05, 0.1) is 5.69 Å². The van der Waals surface area contributed by atoms with Crippen molar-refractivity contribution in [3.05, 3.63) is 60.8 Å². The summed E-state index contributed by atoms with van der Waals surface area (Å²) in [6, 6.07) is 18.1. The molecule has 0 aliphatic rings. The second-order valence-corrected chi connectivity index (χ2v) is 3.97. The van der Waals surface area contributed by atoms with Crippen LogP contribution in [0.5, 0.6) is 0 Å². The molecular weight excluding hydrogens is 208 g/mol. The van der Waals surface area contributed by atoms with E-state index in [0.717, 1.165) is 22.3 Å². The molecule has 2 nitrogen and oxygen atoms in total. The summed E-state index contributed by atoms with van der Waals surface area (Å²) in [6.07, 6.45) is 1.79. The lowest BCUT2D eigenvalue weighted by atomic mass is 10.00. The van der Waals surface area contributed by atoms with Crippen LogP contribution in [0.2, 0.25) is 0 Å². The number of nitrogens with two attached hydrogens (primary N) is 1. The number of rotatable bonds is 1. The lowest BCUT2D eigenvalue weighted by Crippen LogP contribution is -1.92. The molecule has 17 heavy (non-hydrogen) atoms. The molecule has 0 fully saturated rings. The Balaban J connectivity index is 2.39. The van der Waals surface area contributed by atoms with Crippen LogP contribution in [-0.2, 0) is 0 Å². The minimum atomic E-state index is 0.766. The molecule has 82 valence electrons. The van der Waals surface area contributed by atoms with Crippen molar-refractivity contribution < 1.29 is 0 Å². The van der Waals surface area contributed by atoms with Crippen LogP contribution >= 0.6 is 0 Å². The van der Waals surface area contributed by atoms with E-state index < -0.39 is 0 Å². The Bertz CT molecular complexity index is 660. The second-order valence-electron chi connectivity index (χ2n) is 3.97. The van der Waals surface area contributed by atoms with Crippen molar-refractivity contribution in [2.24, 2.45) is 0 Å². The summed E-state index contributed by atoms with van der Waals surface area (Å²) in [4.78, 5) is 4.38. The first-order chi connectivity index (χ1) is 8.36. The number of nitrogen functional groups attached to an aromatic ring is 1. The Morgan fingerprint density at radius 1 is 0.824 bits per heavy atom. The van der Waals surface area contributed by atoms with Crippen molar-refractivity contribution >= 4 is 16.5 Å². The predicted octanol–water partition coefficient (Wildman–Crippen LogP) is 3.48. The number of hydrogen-bond acceptors (Lipinski definition) is 2. The highest BCUT2D eigenvalue weighted by atomic mass is 14.7. The van der Waals surface area contributed by atoms with E-state index in [0.29, 0.717) is 0 Å². The second kappa shape index (κ2) is 3.91. The van der Waals surface area contributed by atoms with Crippen molar-refractivity contribution in [1.82, 2.24) is 4.98 Å². The van der Waals surface area contributed by atoms with Crippen molar-refractivity contribution in [3.63, 3.8) is 0 Å². The van der Waals surface area contributed by atoms with E-state index >= 15 is 0 Å². The van der Waals surface area contributed by atoms with Gasteiger partial charge in [0.1, 0.15) is 0 Å². The molecule has 0 atom stereocenters. The number of aromatic nitrogens is 1. The molecule has 2 aromatic carbocycles. The molecule has 0 unspecified atom stereocenters. The molecule has 3 aromatic rings. The van der Waals surface area contributed by atoms with Crippen molar-refractivity contribution in [1.29, 1.82) is 0 Å². The highest BCUT2D eigenvalue weighted by molar-refractivity contribution is 6.01. The Labute approximate surface area is 99.7 Å². The molecule has 0 saturated heterocycles. The number of pyridine rings is 1. The number of fused-ring (bicyclic) bond motifs is 1. The Kier molecular flexibility index (Phi) is 2.26. The van der Waals surface area contributed by atoms with Crippen LogP contribution in [0.1, 0.15) is 0 Å². The topological polar surface area (TPSA) is 38.9 Å². The molecule has 0 spiro atoms. The van der Waals surface area contributed by atoms with Gasteiger partial charge in [-0.2, -0.15) is 0 Å². The third-order valence-electron chi connectivity index (χ3n) is 2.88. The molecule has 0 aliphatic carbocycles. The zero-order valence-electron chi connectivity index (χ0n) is 9.30. The summed E-state index contributed by atoms with van der Waals surface area (Å²) in [6.45, 7) is 0. The lowest BCUT2D eigenvalue weighted by molar-refractivity contribution is 1.33. The monoisotopic (exact) mass is 220 g/mol. The maximum atomic E-state index is 6.08. The van der Waals surface area contributed by atoms with Gasteiger partial charge in [-0.05, 0) is 29.0 Å². The molecule has 3 rings (SSSR count). The third kappa shape index (κ3) is 1.64. The number of hydrogen-bond donors (Lipinski definition) is 1. The van der Waals surface area contributed by atoms with E-state index in [-0.39, 0.29) is 0 Å². The first-order valence-corrected chi connectivity index (χ1v) is 5.55. The van der Waals surface area contributed by atoms with Gasteiger partial charge in [0.2, 0.25) is 0 Å².